The van der Waals surface area contributed by atoms with Crippen molar-refractivity contribution in [3.05, 3.63) is 23.0 Å². The van der Waals surface area contributed by atoms with E-state index in [0.717, 1.165) is 25.7 Å². The van der Waals surface area contributed by atoms with Gasteiger partial charge in [0.2, 0.25) is 0 Å². The van der Waals surface area contributed by atoms with Crippen LogP contribution in [0.1, 0.15) is 39.5 Å². The van der Waals surface area contributed by atoms with Crippen molar-refractivity contribution in [1.82, 2.24) is 0 Å². The highest BCUT2D eigenvalue weighted by Gasteiger charge is 2.49. The van der Waals surface area contributed by atoms with Gasteiger partial charge in [-0.05, 0) is 36.3 Å². The summed E-state index contributed by atoms with van der Waals surface area (Å²) in [6, 6.07) is 0. The van der Waals surface area contributed by atoms with Crippen LogP contribution in [-0.2, 0) is 4.74 Å². The molecule has 4 atom stereocenters. The molecule has 0 radical (unpaired) electrons. The molecule has 3 aliphatic rings. The summed E-state index contributed by atoms with van der Waals surface area (Å²) in [4.78, 5) is 0. The van der Waals surface area contributed by atoms with Gasteiger partial charge in [-0.2, -0.15) is 0 Å². The van der Waals surface area contributed by atoms with Crippen LogP contribution >= 0.6 is 0 Å². The van der Waals surface area contributed by atoms with Crippen molar-refractivity contribution in [2.45, 2.75) is 51.7 Å². The monoisotopic (exact) mass is 220 g/mol. The first-order chi connectivity index (χ1) is 7.72. The highest BCUT2D eigenvalue weighted by molar-refractivity contribution is 5.41. The van der Waals surface area contributed by atoms with Crippen LogP contribution in [0.25, 0.3) is 0 Å². The SMILES string of the molecule is CCC1=C2O[C@H]3C[C@@H](O)[C@H](C)[C@H]3C2=CCC1. The number of aliphatic hydroxyl groups is 1. The van der Waals surface area contributed by atoms with E-state index in [0.29, 0.717) is 11.8 Å². The number of rotatable bonds is 1. The minimum Gasteiger partial charge on any atom is -0.489 e. The van der Waals surface area contributed by atoms with Crippen LogP contribution < -0.4 is 0 Å². The lowest BCUT2D eigenvalue weighted by atomic mass is 9.84. The van der Waals surface area contributed by atoms with Gasteiger partial charge in [0, 0.05) is 12.3 Å². The fourth-order valence-electron chi connectivity index (χ4n) is 3.52. The summed E-state index contributed by atoms with van der Waals surface area (Å²) < 4.78 is 6.08. The van der Waals surface area contributed by atoms with Gasteiger partial charge in [0.25, 0.3) is 0 Å². The summed E-state index contributed by atoms with van der Waals surface area (Å²) in [6.45, 7) is 4.36. The van der Waals surface area contributed by atoms with Gasteiger partial charge in [0.15, 0.2) is 0 Å². The number of fused-ring (bicyclic) bond motifs is 3. The normalized spacial score (nSPS) is 41.6. The maximum atomic E-state index is 9.89. The molecule has 0 unspecified atom stereocenters. The number of hydrogen-bond acceptors (Lipinski definition) is 2. The molecule has 1 aliphatic heterocycles. The quantitative estimate of drug-likeness (QED) is 0.736. The van der Waals surface area contributed by atoms with Crippen LogP contribution in [0.5, 0.6) is 0 Å². The fourth-order valence-corrected chi connectivity index (χ4v) is 3.52. The highest BCUT2D eigenvalue weighted by Crippen LogP contribution is 2.50. The van der Waals surface area contributed by atoms with E-state index in [1.54, 1.807) is 0 Å². The van der Waals surface area contributed by atoms with Gasteiger partial charge in [-0.15, -0.1) is 0 Å². The van der Waals surface area contributed by atoms with Gasteiger partial charge in [0.05, 0.1) is 6.10 Å². The summed E-state index contributed by atoms with van der Waals surface area (Å²) in [5, 5.41) is 9.89. The smallest absolute Gasteiger partial charge is 0.122 e. The Labute approximate surface area is 97.0 Å². The van der Waals surface area contributed by atoms with Crippen LogP contribution in [0.4, 0.5) is 0 Å². The number of aliphatic hydroxyl groups excluding tert-OH is 1. The molecular formula is C14H20O2. The zero-order chi connectivity index (χ0) is 11.3. The van der Waals surface area contributed by atoms with E-state index < -0.39 is 0 Å². The molecule has 88 valence electrons. The Balaban J connectivity index is 1.98. The minimum absolute atomic E-state index is 0.176. The van der Waals surface area contributed by atoms with Crippen molar-refractivity contribution >= 4 is 0 Å². The molecular weight excluding hydrogens is 200 g/mol. The maximum absolute atomic E-state index is 9.89. The third kappa shape index (κ3) is 1.29. The molecule has 0 aromatic carbocycles. The van der Waals surface area contributed by atoms with Crippen molar-refractivity contribution in [2.24, 2.45) is 11.8 Å². The van der Waals surface area contributed by atoms with E-state index in [1.807, 2.05) is 0 Å². The lowest BCUT2D eigenvalue weighted by Crippen LogP contribution is -2.17. The standard InChI is InChI=1S/C14H20O2/c1-3-9-5-4-6-10-13-8(2)11(15)7-12(13)16-14(9)10/h6,8,11-13,15H,3-5,7H2,1-2H3/t8-,11+,12-,13-/m0/s1. The molecule has 0 aromatic heterocycles. The average molecular weight is 220 g/mol. The lowest BCUT2D eigenvalue weighted by molar-refractivity contribution is 0.109. The summed E-state index contributed by atoms with van der Waals surface area (Å²) in [5.41, 5.74) is 2.88. The zero-order valence-electron chi connectivity index (χ0n) is 10.1. The molecule has 2 nitrogen and oxygen atoms in total. The van der Waals surface area contributed by atoms with E-state index >= 15 is 0 Å². The topological polar surface area (TPSA) is 29.5 Å². The first-order valence-electron chi connectivity index (χ1n) is 6.49. The summed E-state index contributed by atoms with van der Waals surface area (Å²) in [6.07, 6.45) is 6.62. The van der Waals surface area contributed by atoms with Gasteiger partial charge in [-0.1, -0.05) is 19.9 Å². The zero-order valence-corrected chi connectivity index (χ0v) is 10.1. The van der Waals surface area contributed by atoms with Gasteiger partial charge < -0.3 is 9.84 Å². The molecule has 2 aliphatic carbocycles. The van der Waals surface area contributed by atoms with Gasteiger partial charge >= 0.3 is 0 Å². The Bertz CT molecular complexity index is 367. The van der Waals surface area contributed by atoms with E-state index in [-0.39, 0.29) is 12.2 Å². The lowest BCUT2D eigenvalue weighted by Gasteiger charge is -2.20. The molecule has 3 rings (SSSR count). The Morgan fingerprint density at radius 3 is 3.06 bits per heavy atom. The predicted molar refractivity (Wildman–Crippen MR) is 62.8 cm³/mol. The van der Waals surface area contributed by atoms with E-state index in [2.05, 4.69) is 19.9 Å². The Kier molecular flexibility index (Phi) is 2.36. The van der Waals surface area contributed by atoms with Gasteiger partial charge in [-0.25, -0.2) is 0 Å². The molecule has 0 amide bonds. The second-order valence-electron chi connectivity index (χ2n) is 5.33. The van der Waals surface area contributed by atoms with Gasteiger partial charge in [0.1, 0.15) is 11.9 Å². The first-order valence-corrected chi connectivity index (χ1v) is 6.49. The molecule has 1 N–H and O–H groups in total. The molecule has 0 aromatic rings. The second kappa shape index (κ2) is 3.63. The number of hydrogen-bond donors (Lipinski definition) is 1. The van der Waals surface area contributed by atoms with E-state index in [4.69, 9.17) is 4.74 Å². The third-order valence-corrected chi connectivity index (χ3v) is 4.50. The number of allylic oxidation sites excluding steroid dienone is 3. The van der Waals surface area contributed by atoms with Crippen LogP contribution in [0.3, 0.4) is 0 Å². The molecule has 1 saturated carbocycles. The van der Waals surface area contributed by atoms with Crippen LogP contribution in [0, 0.1) is 11.8 Å². The summed E-state index contributed by atoms with van der Waals surface area (Å²) in [7, 11) is 0. The van der Waals surface area contributed by atoms with Crippen molar-refractivity contribution in [1.29, 1.82) is 0 Å². The van der Waals surface area contributed by atoms with Crippen molar-refractivity contribution in [3.8, 4) is 0 Å². The second-order valence-corrected chi connectivity index (χ2v) is 5.33. The Morgan fingerprint density at radius 1 is 1.50 bits per heavy atom. The van der Waals surface area contributed by atoms with Crippen molar-refractivity contribution < 1.29 is 9.84 Å². The first kappa shape index (κ1) is 10.4. The largest absolute Gasteiger partial charge is 0.489 e. The predicted octanol–water partition coefficient (Wildman–Crippen LogP) is 2.79. The van der Waals surface area contributed by atoms with Gasteiger partial charge in [-0.3, -0.25) is 0 Å². The Morgan fingerprint density at radius 2 is 2.31 bits per heavy atom. The van der Waals surface area contributed by atoms with Crippen LogP contribution in [0.15, 0.2) is 23.0 Å². The van der Waals surface area contributed by atoms with Crippen molar-refractivity contribution in [2.75, 3.05) is 0 Å². The van der Waals surface area contributed by atoms with Crippen molar-refractivity contribution in [3.63, 3.8) is 0 Å². The molecule has 1 heterocycles. The average Bonchev–Trinajstić information content (AvgIpc) is 2.76. The molecule has 1 saturated heterocycles. The molecule has 2 fully saturated rings. The third-order valence-electron chi connectivity index (χ3n) is 4.50. The summed E-state index contributed by atoms with van der Waals surface area (Å²) in [5.74, 6) is 1.99. The summed E-state index contributed by atoms with van der Waals surface area (Å²) >= 11 is 0. The molecule has 0 bridgehead atoms. The van der Waals surface area contributed by atoms with E-state index in [1.165, 1.54) is 16.9 Å². The maximum Gasteiger partial charge on any atom is 0.122 e. The van der Waals surface area contributed by atoms with E-state index in [9.17, 15) is 5.11 Å². The van der Waals surface area contributed by atoms with Crippen LogP contribution in [-0.4, -0.2) is 17.3 Å². The molecule has 16 heavy (non-hydrogen) atoms. The fraction of sp³-hybridized carbons (Fsp3) is 0.714. The Hall–Kier alpha value is -0.760. The number of ether oxygens (including phenoxy) is 1. The molecule has 2 heteroatoms. The minimum atomic E-state index is -0.176. The highest BCUT2D eigenvalue weighted by atomic mass is 16.5. The molecule has 0 spiro atoms. The van der Waals surface area contributed by atoms with Crippen LogP contribution in [0.2, 0.25) is 0 Å².